The summed E-state index contributed by atoms with van der Waals surface area (Å²) < 4.78 is 26.5. The van der Waals surface area contributed by atoms with Crippen LogP contribution in [0.2, 0.25) is 5.02 Å². The predicted octanol–water partition coefficient (Wildman–Crippen LogP) is 4.06. The predicted molar refractivity (Wildman–Crippen MR) is 102 cm³/mol. The van der Waals surface area contributed by atoms with Gasteiger partial charge in [-0.1, -0.05) is 35.9 Å². The summed E-state index contributed by atoms with van der Waals surface area (Å²) >= 11 is 7.61. The van der Waals surface area contributed by atoms with Gasteiger partial charge < -0.3 is 5.32 Å². The molecule has 1 N–H and O–H groups in total. The molecule has 1 amide bonds. The number of nitrogens with zero attached hydrogens (tertiary/aromatic N) is 1. The van der Waals surface area contributed by atoms with E-state index in [0.717, 1.165) is 14.4 Å². The Morgan fingerprint density at radius 2 is 1.84 bits per heavy atom. The number of anilines is 1. The largest absolute Gasteiger partial charge is 0.321 e. The number of carbonyl (C=O) groups is 1. The summed E-state index contributed by atoms with van der Waals surface area (Å²) in [5.74, 6) is -0.370. The van der Waals surface area contributed by atoms with Crippen LogP contribution in [0, 0.1) is 0 Å². The first-order valence-electron chi connectivity index (χ1n) is 7.31. The number of rotatable bonds is 4. The summed E-state index contributed by atoms with van der Waals surface area (Å²) in [6.45, 7) is 0. The third kappa shape index (κ3) is 3.41. The van der Waals surface area contributed by atoms with Crippen LogP contribution in [0.1, 0.15) is 9.67 Å². The van der Waals surface area contributed by atoms with E-state index in [1.54, 1.807) is 12.1 Å². The van der Waals surface area contributed by atoms with Crippen molar-refractivity contribution in [3.63, 3.8) is 0 Å². The molecule has 0 unspecified atom stereocenters. The first-order valence-corrected chi connectivity index (χ1v) is 9.95. The molecule has 0 fully saturated rings. The van der Waals surface area contributed by atoms with Crippen molar-refractivity contribution < 1.29 is 13.2 Å². The van der Waals surface area contributed by atoms with Crippen LogP contribution in [0.3, 0.4) is 0 Å². The van der Waals surface area contributed by atoms with Crippen molar-refractivity contribution in [3.8, 4) is 0 Å². The van der Waals surface area contributed by atoms with Gasteiger partial charge in [-0.15, -0.1) is 11.3 Å². The van der Waals surface area contributed by atoms with Crippen molar-refractivity contribution in [3.05, 3.63) is 58.4 Å². The van der Waals surface area contributed by atoms with Gasteiger partial charge in [0.2, 0.25) is 10.0 Å². The Hall–Kier alpha value is -1.93. The van der Waals surface area contributed by atoms with Crippen molar-refractivity contribution in [2.24, 2.45) is 0 Å². The summed E-state index contributed by atoms with van der Waals surface area (Å²) in [7, 11) is -0.658. The number of benzene rings is 2. The SMILES string of the molecule is CN(C)S(=O)(=O)c1cccc(NC(=O)c2sc3ccccc3c2Cl)c1. The smallest absolute Gasteiger partial charge is 0.267 e. The van der Waals surface area contributed by atoms with E-state index in [0.29, 0.717) is 15.6 Å². The number of fused-ring (bicyclic) bond motifs is 1. The number of amides is 1. The third-order valence-electron chi connectivity index (χ3n) is 3.61. The quantitative estimate of drug-likeness (QED) is 0.725. The highest BCUT2D eigenvalue weighted by Crippen LogP contribution is 2.35. The number of hydrogen-bond acceptors (Lipinski definition) is 4. The Bertz CT molecular complexity index is 1060. The Balaban J connectivity index is 1.92. The fourth-order valence-electron chi connectivity index (χ4n) is 2.29. The summed E-state index contributed by atoms with van der Waals surface area (Å²) in [5, 5.41) is 3.94. The Morgan fingerprint density at radius 1 is 1.12 bits per heavy atom. The molecule has 1 heterocycles. The van der Waals surface area contributed by atoms with Gasteiger partial charge in [-0.25, -0.2) is 12.7 Å². The highest BCUT2D eigenvalue weighted by atomic mass is 35.5. The molecule has 0 atom stereocenters. The zero-order valence-corrected chi connectivity index (χ0v) is 15.9. The van der Waals surface area contributed by atoms with Crippen LogP contribution in [0.25, 0.3) is 10.1 Å². The molecule has 8 heteroatoms. The van der Waals surface area contributed by atoms with Crippen molar-refractivity contribution in [1.29, 1.82) is 0 Å². The average molecular weight is 395 g/mol. The molecule has 0 radical (unpaired) electrons. The number of halogens is 1. The van der Waals surface area contributed by atoms with Crippen LogP contribution in [-0.2, 0) is 10.0 Å². The summed E-state index contributed by atoms with van der Waals surface area (Å²) in [6, 6.07) is 13.6. The molecular weight excluding hydrogens is 380 g/mol. The zero-order chi connectivity index (χ0) is 18.2. The lowest BCUT2D eigenvalue weighted by molar-refractivity contribution is 0.103. The van der Waals surface area contributed by atoms with Crippen molar-refractivity contribution in [1.82, 2.24) is 4.31 Å². The van der Waals surface area contributed by atoms with Crippen molar-refractivity contribution in [2.45, 2.75) is 4.90 Å². The molecule has 1 aromatic heterocycles. The van der Waals surface area contributed by atoms with Gasteiger partial charge >= 0.3 is 0 Å². The van der Waals surface area contributed by atoms with E-state index in [1.807, 2.05) is 24.3 Å². The summed E-state index contributed by atoms with van der Waals surface area (Å²) in [5.41, 5.74) is 0.390. The third-order valence-corrected chi connectivity index (χ3v) is 7.10. The normalized spacial score (nSPS) is 11.8. The van der Waals surface area contributed by atoms with Crippen LogP contribution >= 0.6 is 22.9 Å². The fourth-order valence-corrected chi connectivity index (χ4v) is 4.65. The number of nitrogens with one attached hydrogen (secondary N) is 1. The molecule has 5 nitrogen and oxygen atoms in total. The molecule has 0 saturated carbocycles. The Labute approximate surface area is 154 Å². The van der Waals surface area contributed by atoms with Crippen LogP contribution in [0.5, 0.6) is 0 Å². The van der Waals surface area contributed by atoms with Gasteiger partial charge in [-0.05, 0) is 24.3 Å². The first kappa shape index (κ1) is 17.9. The van der Waals surface area contributed by atoms with Gasteiger partial charge in [0.15, 0.2) is 0 Å². The molecule has 3 rings (SSSR count). The minimum absolute atomic E-state index is 0.109. The van der Waals surface area contributed by atoms with Crippen molar-refractivity contribution in [2.75, 3.05) is 19.4 Å². The number of sulfonamides is 1. The number of carbonyl (C=O) groups excluding carboxylic acids is 1. The van der Waals surface area contributed by atoms with Crippen LogP contribution in [0.4, 0.5) is 5.69 Å². The van der Waals surface area contributed by atoms with Gasteiger partial charge in [0.05, 0.1) is 9.92 Å². The van der Waals surface area contributed by atoms with Gasteiger partial charge in [0.25, 0.3) is 5.91 Å². The standard InChI is InChI=1S/C17H15ClN2O3S2/c1-20(2)25(22,23)12-7-5-6-11(10-12)19-17(21)16-15(18)13-8-3-4-9-14(13)24-16/h3-10H,1-2H3,(H,19,21). The molecular formula is C17H15ClN2O3S2. The van der Waals surface area contributed by atoms with E-state index < -0.39 is 10.0 Å². The van der Waals surface area contributed by atoms with Crippen molar-refractivity contribution >= 4 is 54.6 Å². The van der Waals surface area contributed by atoms with Crippen LogP contribution < -0.4 is 5.32 Å². The highest BCUT2D eigenvalue weighted by molar-refractivity contribution is 7.89. The Kier molecular flexibility index (Phi) is 4.83. The first-order chi connectivity index (χ1) is 11.8. The molecule has 0 bridgehead atoms. The Morgan fingerprint density at radius 3 is 2.52 bits per heavy atom. The maximum absolute atomic E-state index is 12.6. The number of hydrogen-bond donors (Lipinski definition) is 1. The summed E-state index contributed by atoms with van der Waals surface area (Å²) in [6.07, 6.45) is 0. The summed E-state index contributed by atoms with van der Waals surface area (Å²) in [4.78, 5) is 13.1. The maximum Gasteiger partial charge on any atom is 0.267 e. The zero-order valence-electron chi connectivity index (χ0n) is 13.5. The van der Waals surface area contributed by atoms with E-state index in [1.165, 1.54) is 37.6 Å². The maximum atomic E-state index is 12.6. The van der Waals surface area contributed by atoms with E-state index >= 15 is 0 Å². The van der Waals surface area contributed by atoms with Crippen LogP contribution in [-0.4, -0.2) is 32.7 Å². The topological polar surface area (TPSA) is 66.5 Å². The molecule has 0 aliphatic carbocycles. The minimum atomic E-state index is -3.57. The van der Waals surface area contributed by atoms with E-state index in [-0.39, 0.29) is 10.8 Å². The second-order valence-corrected chi connectivity index (χ2v) is 9.09. The molecule has 0 aliphatic rings. The van der Waals surface area contributed by atoms with Gasteiger partial charge in [-0.3, -0.25) is 4.79 Å². The molecule has 130 valence electrons. The monoisotopic (exact) mass is 394 g/mol. The fraction of sp³-hybridized carbons (Fsp3) is 0.118. The molecule has 0 spiro atoms. The highest BCUT2D eigenvalue weighted by Gasteiger charge is 2.20. The molecule has 0 saturated heterocycles. The second-order valence-electron chi connectivity index (χ2n) is 5.51. The van der Waals surface area contributed by atoms with Gasteiger partial charge in [0, 0.05) is 29.9 Å². The molecule has 3 aromatic rings. The number of thiophene rings is 1. The van der Waals surface area contributed by atoms with Gasteiger partial charge in [-0.2, -0.15) is 0 Å². The minimum Gasteiger partial charge on any atom is -0.321 e. The van der Waals surface area contributed by atoms with Gasteiger partial charge in [0.1, 0.15) is 4.88 Å². The van der Waals surface area contributed by atoms with E-state index in [9.17, 15) is 13.2 Å². The second kappa shape index (κ2) is 6.76. The van der Waals surface area contributed by atoms with E-state index in [4.69, 9.17) is 11.6 Å². The van der Waals surface area contributed by atoms with E-state index in [2.05, 4.69) is 5.32 Å². The molecule has 2 aromatic carbocycles. The molecule has 25 heavy (non-hydrogen) atoms. The average Bonchev–Trinajstić information content (AvgIpc) is 2.92. The molecule has 0 aliphatic heterocycles. The lowest BCUT2D eigenvalue weighted by atomic mass is 10.2. The lowest BCUT2D eigenvalue weighted by Crippen LogP contribution is -2.22. The lowest BCUT2D eigenvalue weighted by Gasteiger charge is -2.12. The van der Waals surface area contributed by atoms with Crippen LogP contribution in [0.15, 0.2) is 53.4 Å².